The van der Waals surface area contributed by atoms with E-state index >= 15 is 0 Å². The van der Waals surface area contributed by atoms with Crippen LogP contribution in [0.5, 0.6) is 0 Å². The normalized spacial score (nSPS) is 15.6. The largest absolute Gasteiger partial charge is 0.450 e. The Hall–Kier alpha value is -3.82. The summed E-state index contributed by atoms with van der Waals surface area (Å²) in [5, 5.41) is 3.79. The monoisotopic (exact) mass is 464 g/mol. The number of rotatable bonds is 4. The van der Waals surface area contributed by atoms with Crippen molar-refractivity contribution in [2.45, 2.75) is 10.2 Å². The van der Waals surface area contributed by atoms with E-state index in [9.17, 15) is 14.4 Å². The molecule has 0 atom stereocenters. The van der Waals surface area contributed by atoms with Gasteiger partial charge >= 0.3 is 6.03 Å². The Balaban J connectivity index is 1.40. The summed E-state index contributed by atoms with van der Waals surface area (Å²) < 4.78 is 5.74. The van der Waals surface area contributed by atoms with Crippen LogP contribution >= 0.6 is 23.4 Å². The van der Waals surface area contributed by atoms with Crippen molar-refractivity contribution in [2.75, 3.05) is 4.90 Å². The fourth-order valence-corrected chi connectivity index (χ4v) is 4.06. The van der Waals surface area contributed by atoms with Gasteiger partial charge in [-0.05, 0) is 66.4 Å². The summed E-state index contributed by atoms with van der Waals surface area (Å²) in [5.41, 5.74) is 1.80. The molecule has 10 heteroatoms. The lowest BCUT2D eigenvalue weighted by Gasteiger charge is -2.26. The molecule has 1 aliphatic rings. The lowest BCUT2D eigenvalue weighted by atomic mass is 10.1. The number of H-pyrrole nitrogens is 1. The second-order valence-corrected chi connectivity index (χ2v) is 8.18. The molecular formula is C22H13ClN4O4S. The van der Waals surface area contributed by atoms with Gasteiger partial charge < -0.3 is 9.40 Å². The van der Waals surface area contributed by atoms with Crippen LogP contribution in [0.3, 0.4) is 0 Å². The van der Waals surface area contributed by atoms with Crippen molar-refractivity contribution in [1.29, 1.82) is 0 Å². The zero-order valence-electron chi connectivity index (χ0n) is 16.2. The molecule has 1 saturated heterocycles. The molecule has 0 bridgehead atoms. The summed E-state index contributed by atoms with van der Waals surface area (Å²) in [6.45, 7) is 0. The van der Waals surface area contributed by atoms with E-state index in [2.05, 4.69) is 15.3 Å². The number of nitrogens with zero attached hydrogens (tertiary/aromatic N) is 2. The number of aromatic amines is 1. The lowest BCUT2D eigenvalue weighted by molar-refractivity contribution is -0.122. The molecule has 0 unspecified atom stereocenters. The lowest BCUT2D eigenvalue weighted by Crippen LogP contribution is -2.54. The number of urea groups is 1. The van der Waals surface area contributed by atoms with Crippen LogP contribution in [0, 0.1) is 0 Å². The van der Waals surface area contributed by atoms with Gasteiger partial charge in [0.25, 0.3) is 11.8 Å². The van der Waals surface area contributed by atoms with E-state index in [4.69, 9.17) is 16.0 Å². The van der Waals surface area contributed by atoms with E-state index < -0.39 is 17.8 Å². The minimum absolute atomic E-state index is 0.228. The molecule has 4 amide bonds. The number of fused-ring (bicyclic) bond motifs is 1. The number of aromatic nitrogens is 2. The summed E-state index contributed by atoms with van der Waals surface area (Å²) in [5.74, 6) is -1.27. The third-order valence-electron chi connectivity index (χ3n) is 4.64. The molecule has 1 aliphatic heterocycles. The molecular weight excluding hydrogens is 452 g/mol. The van der Waals surface area contributed by atoms with E-state index in [0.717, 1.165) is 15.9 Å². The molecule has 5 rings (SSSR count). The predicted molar refractivity (Wildman–Crippen MR) is 119 cm³/mol. The van der Waals surface area contributed by atoms with Crippen molar-refractivity contribution < 1.29 is 18.8 Å². The zero-order chi connectivity index (χ0) is 22.2. The van der Waals surface area contributed by atoms with Gasteiger partial charge in [-0.25, -0.2) is 14.7 Å². The third-order valence-corrected chi connectivity index (χ3v) is 5.70. The highest BCUT2D eigenvalue weighted by molar-refractivity contribution is 7.99. The van der Waals surface area contributed by atoms with Crippen LogP contribution in [0.2, 0.25) is 5.02 Å². The molecule has 0 saturated carbocycles. The number of imidazole rings is 1. The van der Waals surface area contributed by atoms with Gasteiger partial charge in [-0.2, -0.15) is 0 Å². The van der Waals surface area contributed by atoms with E-state index in [0.29, 0.717) is 15.3 Å². The third kappa shape index (κ3) is 3.79. The van der Waals surface area contributed by atoms with Crippen molar-refractivity contribution in [3.8, 4) is 0 Å². The van der Waals surface area contributed by atoms with Gasteiger partial charge in [0.15, 0.2) is 10.2 Å². The molecule has 2 aromatic heterocycles. The summed E-state index contributed by atoms with van der Waals surface area (Å²) in [7, 11) is 0. The van der Waals surface area contributed by atoms with Crippen LogP contribution in [0.1, 0.15) is 5.76 Å². The number of carbonyl (C=O) groups is 3. The van der Waals surface area contributed by atoms with E-state index in [1.54, 1.807) is 24.3 Å². The first-order valence-electron chi connectivity index (χ1n) is 9.37. The topological polar surface area (TPSA) is 108 Å². The molecule has 32 heavy (non-hydrogen) atoms. The maximum atomic E-state index is 12.9. The quantitative estimate of drug-likeness (QED) is 0.337. The molecule has 4 aromatic rings. The number of para-hydroxylation sites is 2. The summed E-state index contributed by atoms with van der Waals surface area (Å²) in [6.07, 6.45) is 1.30. The molecule has 2 aromatic carbocycles. The highest BCUT2D eigenvalue weighted by Crippen LogP contribution is 2.30. The summed E-state index contributed by atoms with van der Waals surface area (Å²) >= 11 is 7.15. The zero-order valence-corrected chi connectivity index (χ0v) is 17.7. The number of furan rings is 1. The average molecular weight is 465 g/mol. The molecule has 0 aliphatic carbocycles. The van der Waals surface area contributed by atoms with Crippen LogP contribution in [0.15, 0.2) is 80.9 Å². The van der Waals surface area contributed by atoms with Crippen LogP contribution in [0.4, 0.5) is 10.5 Å². The Morgan fingerprint density at radius 2 is 1.78 bits per heavy atom. The summed E-state index contributed by atoms with van der Waals surface area (Å²) in [4.78, 5) is 46.0. The van der Waals surface area contributed by atoms with Crippen molar-refractivity contribution in [2.24, 2.45) is 0 Å². The number of barbiturate groups is 1. The van der Waals surface area contributed by atoms with Crippen LogP contribution in [-0.2, 0) is 9.59 Å². The van der Waals surface area contributed by atoms with Gasteiger partial charge in [-0.15, -0.1) is 0 Å². The smallest absolute Gasteiger partial charge is 0.335 e. The van der Waals surface area contributed by atoms with E-state index in [1.165, 1.54) is 30.0 Å². The van der Waals surface area contributed by atoms with Gasteiger partial charge in [-0.1, -0.05) is 23.7 Å². The summed E-state index contributed by atoms with van der Waals surface area (Å²) in [6, 6.07) is 16.3. The van der Waals surface area contributed by atoms with Crippen molar-refractivity contribution in [3.05, 3.63) is 77.0 Å². The van der Waals surface area contributed by atoms with Crippen molar-refractivity contribution >= 4 is 64.0 Å². The number of halogens is 1. The number of benzene rings is 2. The highest BCUT2D eigenvalue weighted by atomic mass is 35.5. The first-order chi connectivity index (χ1) is 15.5. The highest BCUT2D eigenvalue weighted by Gasteiger charge is 2.37. The number of anilines is 1. The van der Waals surface area contributed by atoms with Crippen molar-refractivity contribution in [1.82, 2.24) is 15.3 Å². The minimum atomic E-state index is -0.833. The average Bonchev–Trinajstić information content (AvgIpc) is 3.38. The van der Waals surface area contributed by atoms with Crippen LogP contribution in [0.25, 0.3) is 17.1 Å². The molecule has 0 spiro atoms. The number of imide groups is 2. The SMILES string of the molecule is O=C1NC(=O)N(c2ccc(Cl)cc2)C(=O)/C1=C/c1ccc(Sc2nc3ccccc3[nH]2)o1. The molecule has 1 fully saturated rings. The molecule has 0 radical (unpaired) electrons. The Kier molecular flexibility index (Phi) is 5.04. The second kappa shape index (κ2) is 8.03. The fraction of sp³-hybridized carbons (Fsp3) is 0. The Bertz CT molecular complexity index is 1370. The number of hydrogen-bond acceptors (Lipinski definition) is 6. The molecule has 2 N–H and O–H groups in total. The maximum absolute atomic E-state index is 12.9. The first-order valence-corrected chi connectivity index (χ1v) is 10.6. The minimum Gasteiger partial charge on any atom is -0.450 e. The Morgan fingerprint density at radius 3 is 2.56 bits per heavy atom. The number of hydrogen-bond donors (Lipinski definition) is 2. The van der Waals surface area contributed by atoms with Crippen LogP contribution in [-0.4, -0.2) is 27.8 Å². The Morgan fingerprint density at radius 1 is 1.00 bits per heavy atom. The van der Waals surface area contributed by atoms with Crippen molar-refractivity contribution in [3.63, 3.8) is 0 Å². The second-order valence-electron chi connectivity index (χ2n) is 6.75. The molecule has 158 valence electrons. The van der Waals surface area contributed by atoms with Crippen LogP contribution < -0.4 is 10.2 Å². The number of nitrogens with one attached hydrogen (secondary N) is 2. The van der Waals surface area contributed by atoms with Gasteiger partial charge in [-0.3, -0.25) is 14.9 Å². The van der Waals surface area contributed by atoms with Gasteiger partial charge in [0, 0.05) is 5.02 Å². The first kappa shape index (κ1) is 20.1. The predicted octanol–water partition coefficient (Wildman–Crippen LogP) is 4.63. The number of amides is 4. The fourth-order valence-electron chi connectivity index (χ4n) is 3.16. The van der Waals surface area contributed by atoms with E-state index in [-0.39, 0.29) is 17.0 Å². The number of carbonyl (C=O) groups excluding carboxylic acids is 3. The molecule has 8 nitrogen and oxygen atoms in total. The maximum Gasteiger partial charge on any atom is 0.335 e. The Labute approximate surface area is 190 Å². The molecule has 3 heterocycles. The van der Waals surface area contributed by atoms with E-state index in [1.807, 2.05) is 24.3 Å². The van der Waals surface area contributed by atoms with Gasteiger partial charge in [0.2, 0.25) is 0 Å². The van der Waals surface area contributed by atoms with Gasteiger partial charge in [0.1, 0.15) is 11.3 Å². The standard InChI is InChI=1S/C22H13ClN4O4S/c23-12-5-7-13(8-6-12)27-20(29)15(19(28)26-22(27)30)11-14-9-10-18(31-14)32-21-24-16-3-1-2-4-17(16)25-21/h1-11H,(H,24,25)(H,26,28,30)/b15-11+. The van der Waals surface area contributed by atoms with Gasteiger partial charge in [0.05, 0.1) is 16.7 Å².